The van der Waals surface area contributed by atoms with Gasteiger partial charge in [-0.3, -0.25) is 0 Å². The van der Waals surface area contributed by atoms with E-state index in [2.05, 4.69) is 59.6 Å². The zero-order valence-electron chi connectivity index (χ0n) is 15.4. The molecule has 0 spiro atoms. The molecule has 0 bridgehead atoms. The summed E-state index contributed by atoms with van der Waals surface area (Å²) in [4.78, 5) is 2.10. The number of nitriles is 1. The molecule has 1 N–H and O–H groups in total. The van der Waals surface area contributed by atoms with Crippen LogP contribution in [0.25, 0.3) is 0 Å². The third kappa shape index (κ3) is 4.47. The van der Waals surface area contributed by atoms with Crippen molar-refractivity contribution in [1.82, 2.24) is 5.32 Å². The fraction of sp³-hybridized carbons (Fsp3) is 0.381. The van der Waals surface area contributed by atoms with E-state index in [-0.39, 0.29) is 6.04 Å². The molecule has 0 aliphatic carbocycles. The number of hydrogen-bond acceptors (Lipinski definition) is 5. The fourth-order valence-corrected chi connectivity index (χ4v) is 2.93. The average Bonchev–Trinajstić information content (AvgIpc) is 2.70. The topological polar surface area (TPSA) is 57.5 Å². The van der Waals surface area contributed by atoms with E-state index in [9.17, 15) is 0 Å². The molecule has 0 saturated carbocycles. The predicted molar refractivity (Wildman–Crippen MR) is 103 cm³/mol. The normalized spacial score (nSPS) is 13.7. The second-order valence-electron chi connectivity index (χ2n) is 6.50. The SMILES string of the molecule is C[C@@H](NCc1ccc(N(C)CCC#N)cc1)c1ccc2c(c1)OCCO2. The molecule has 26 heavy (non-hydrogen) atoms. The minimum atomic E-state index is 0.212. The van der Waals surface area contributed by atoms with Gasteiger partial charge in [0.25, 0.3) is 0 Å². The molecule has 0 amide bonds. The van der Waals surface area contributed by atoms with Gasteiger partial charge in [0.05, 0.1) is 12.5 Å². The number of anilines is 1. The van der Waals surface area contributed by atoms with Crippen molar-refractivity contribution in [1.29, 1.82) is 5.26 Å². The number of benzene rings is 2. The van der Waals surface area contributed by atoms with Crippen LogP contribution in [0.5, 0.6) is 11.5 Å². The number of nitrogens with one attached hydrogen (secondary N) is 1. The Morgan fingerprint density at radius 2 is 1.85 bits per heavy atom. The largest absolute Gasteiger partial charge is 0.486 e. The van der Waals surface area contributed by atoms with Crippen molar-refractivity contribution in [3.05, 3.63) is 53.6 Å². The molecule has 1 aliphatic heterocycles. The van der Waals surface area contributed by atoms with Crippen LogP contribution in [-0.4, -0.2) is 26.8 Å². The zero-order chi connectivity index (χ0) is 18.4. The molecule has 5 heteroatoms. The first-order valence-electron chi connectivity index (χ1n) is 8.97. The maximum Gasteiger partial charge on any atom is 0.161 e. The summed E-state index contributed by atoms with van der Waals surface area (Å²) in [6, 6.07) is 17.0. The predicted octanol–water partition coefficient (Wildman–Crippen LogP) is 3.66. The Morgan fingerprint density at radius 1 is 1.12 bits per heavy atom. The number of rotatable bonds is 7. The highest BCUT2D eigenvalue weighted by atomic mass is 16.6. The van der Waals surface area contributed by atoms with Crippen molar-refractivity contribution in [2.75, 3.05) is 31.7 Å². The summed E-state index contributed by atoms with van der Waals surface area (Å²) in [6.45, 7) is 4.90. The molecule has 0 unspecified atom stereocenters. The van der Waals surface area contributed by atoms with Crippen LogP contribution in [0.1, 0.15) is 30.5 Å². The van der Waals surface area contributed by atoms with Crippen LogP contribution in [0.4, 0.5) is 5.69 Å². The van der Waals surface area contributed by atoms with Gasteiger partial charge in [-0.25, -0.2) is 0 Å². The molecule has 5 nitrogen and oxygen atoms in total. The highest BCUT2D eigenvalue weighted by Gasteiger charge is 2.14. The van der Waals surface area contributed by atoms with Crippen LogP contribution in [0.2, 0.25) is 0 Å². The summed E-state index contributed by atoms with van der Waals surface area (Å²) in [5, 5.41) is 12.2. The minimum absolute atomic E-state index is 0.212. The molecule has 2 aromatic carbocycles. The highest BCUT2D eigenvalue weighted by Crippen LogP contribution is 2.32. The third-order valence-corrected chi connectivity index (χ3v) is 4.61. The van der Waals surface area contributed by atoms with Gasteiger partial charge in [0.15, 0.2) is 11.5 Å². The Balaban J connectivity index is 1.56. The average molecular weight is 351 g/mol. The first-order valence-corrected chi connectivity index (χ1v) is 8.97. The second kappa shape index (κ2) is 8.59. The summed E-state index contributed by atoms with van der Waals surface area (Å²) in [5.74, 6) is 1.65. The van der Waals surface area contributed by atoms with Crippen LogP contribution in [0.15, 0.2) is 42.5 Å². The lowest BCUT2D eigenvalue weighted by Crippen LogP contribution is -2.20. The van der Waals surface area contributed by atoms with Gasteiger partial charge in [-0.15, -0.1) is 0 Å². The Hall–Kier alpha value is -2.71. The van der Waals surface area contributed by atoms with Crippen molar-refractivity contribution < 1.29 is 9.47 Å². The summed E-state index contributed by atoms with van der Waals surface area (Å²) in [5.41, 5.74) is 3.54. The van der Waals surface area contributed by atoms with Gasteiger partial charge in [0.2, 0.25) is 0 Å². The third-order valence-electron chi connectivity index (χ3n) is 4.61. The van der Waals surface area contributed by atoms with Gasteiger partial charge in [-0.2, -0.15) is 5.26 Å². The van der Waals surface area contributed by atoms with Crippen molar-refractivity contribution >= 4 is 5.69 Å². The minimum Gasteiger partial charge on any atom is -0.486 e. The van der Waals surface area contributed by atoms with E-state index in [1.54, 1.807) is 0 Å². The molecule has 1 heterocycles. The molecule has 1 atom stereocenters. The summed E-state index contributed by atoms with van der Waals surface area (Å²) in [7, 11) is 2.01. The van der Waals surface area contributed by atoms with E-state index in [1.807, 2.05) is 13.1 Å². The Kier molecular flexibility index (Phi) is 5.98. The van der Waals surface area contributed by atoms with Crippen LogP contribution in [0.3, 0.4) is 0 Å². The van der Waals surface area contributed by atoms with E-state index < -0.39 is 0 Å². The number of ether oxygens (including phenoxy) is 2. The maximum absolute atomic E-state index is 8.69. The van der Waals surface area contributed by atoms with Crippen LogP contribution < -0.4 is 19.7 Å². The molecule has 0 fully saturated rings. The number of hydrogen-bond donors (Lipinski definition) is 1. The second-order valence-corrected chi connectivity index (χ2v) is 6.50. The number of nitrogens with zero attached hydrogens (tertiary/aromatic N) is 2. The van der Waals surface area contributed by atoms with Gasteiger partial charge in [0, 0.05) is 31.9 Å². The molecule has 0 saturated heterocycles. The van der Waals surface area contributed by atoms with E-state index in [0.29, 0.717) is 19.6 Å². The molecule has 3 rings (SSSR count). The highest BCUT2D eigenvalue weighted by molar-refractivity contribution is 5.47. The quantitative estimate of drug-likeness (QED) is 0.825. The first kappa shape index (κ1) is 18.1. The van der Waals surface area contributed by atoms with Crippen LogP contribution in [0, 0.1) is 11.3 Å². The Bertz CT molecular complexity index is 768. The van der Waals surface area contributed by atoms with Gasteiger partial charge >= 0.3 is 0 Å². The first-order chi connectivity index (χ1) is 12.7. The Labute approximate surface area is 155 Å². The van der Waals surface area contributed by atoms with E-state index in [0.717, 1.165) is 30.3 Å². The summed E-state index contributed by atoms with van der Waals surface area (Å²) >= 11 is 0. The zero-order valence-corrected chi connectivity index (χ0v) is 15.4. The van der Waals surface area contributed by atoms with E-state index in [1.165, 1.54) is 11.1 Å². The van der Waals surface area contributed by atoms with Gasteiger partial charge in [0.1, 0.15) is 13.2 Å². The fourth-order valence-electron chi connectivity index (χ4n) is 2.93. The summed E-state index contributed by atoms with van der Waals surface area (Å²) < 4.78 is 11.2. The van der Waals surface area contributed by atoms with Crippen molar-refractivity contribution in [2.24, 2.45) is 0 Å². The van der Waals surface area contributed by atoms with Crippen molar-refractivity contribution in [2.45, 2.75) is 25.9 Å². The Morgan fingerprint density at radius 3 is 2.58 bits per heavy atom. The molecule has 0 aromatic heterocycles. The monoisotopic (exact) mass is 351 g/mol. The molecule has 0 radical (unpaired) electrons. The van der Waals surface area contributed by atoms with E-state index >= 15 is 0 Å². The lowest BCUT2D eigenvalue weighted by atomic mass is 10.1. The number of fused-ring (bicyclic) bond motifs is 1. The van der Waals surface area contributed by atoms with Gasteiger partial charge in [-0.1, -0.05) is 18.2 Å². The van der Waals surface area contributed by atoms with Crippen molar-refractivity contribution in [3.63, 3.8) is 0 Å². The standard InChI is InChI=1S/C21H25N3O2/c1-16(18-6-9-20-21(14-18)26-13-12-25-20)23-15-17-4-7-19(8-5-17)24(2)11-3-10-22/h4-9,14,16,23H,3,11-13,15H2,1-2H3/t16-/m1/s1. The van der Waals surface area contributed by atoms with E-state index in [4.69, 9.17) is 14.7 Å². The van der Waals surface area contributed by atoms with Gasteiger partial charge < -0.3 is 19.7 Å². The molecular weight excluding hydrogens is 326 g/mol. The van der Waals surface area contributed by atoms with Crippen LogP contribution in [-0.2, 0) is 6.54 Å². The lowest BCUT2D eigenvalue weighted by molar-refractivity contribution is 0.171. The molecule has 2 aromatic rings. The van der Waals surface area contributed by atoms with Crippen LogP contribution >= 0.6 is 0 Å². The summed E-state index contributed by atoms with van der Waals surface area (Å²) in [6.07, 6.45) is 0.535. The lowest BCUT2D eigenvalue weighted by Gasteiger charge is -2.21. The smallest absolute Gasteiger partial charge is 0.161 e. The maximum atomic E-state index is 8.69. The molecular formula is C21H25N3O2. The van der Waals surface area contributed by atoms with Crippen molar-refractivity contribution in [3.8, 4) is 17.6 Å². The molecule has 1 aliphatic rings. The van der Waals surface area contributed by atoms with Gasteiger partial charge in [-0.05, 0) is 42.3 Å². The molecule has 136 valence electrons.